The van der Waals surface area contributed by atoms with Crippen LogP contribution < -0.4 is 0 Å². The highest BCUT2D eigenvalue weighted by Crippen LogP contribution is 2.26. The third kappa shape index (κ3) is 1.84. The van der Waals surface area contributed by atoms with Crippen LogP contribution >= 0.6 is 11.6 Å². The molecule has 1 aromatic heterocycles. The Hall–Kier alpha value is -1.08. The predicted molar refractivity (Wildman–Crippen MR) is 65.4 cm³/mol. The molecule has 0 amide bonds. The summed E-state index contributed by atoms with van der Waals surface area (Å²) in [6.07, 6.45) is 1.87. The Balaban J connectivity index is 2.76. The summed E-state index contributed by atoms with van der Waals surface area (Å²) in [5.41, 5.74) is 2.33. The minimum Gasteiger partial charge on any atom is -0.260 e. The molecule has 2 rings (SSSR count). The van der Waals surface area contributed by atoms with Gasteiger partial charge in [0.2, 0.25) is 0 Å². The Morgan fingerprint density at radius 1 is 1.20 bits per heavy atom. The number of rotatable bonds is 2. The van der Waals surface area contributed by atoms with Crippen molar-refractivity contribution in [2.45, 2.75) is 25.6 Å². The molecule has 0 aliphatic rings. The van der Waals surface area contributed by atoms with Crippen molar-refractivity contribution in [2.24, 2.45) is 0 Å². The van der Waals surface area contributed by atoms with Gasteiger partial charge in [-0.2, -0.15) is 0 Å². The number of hydrogen-bond donors (Lipinski definition) is 0. The first-order valence-corrected chi connectivity index (χ1v) is 5.70. The lowest BCUT2D eigenvalue weighted by Crippen LogP contribution is -1.94. The zero-order chi connectivity index (χ0) is 10.8. The number of nitrogens with zero attached hydrogens (tertiary/aromatic N) is 1. The first-order chi connectivity index (χ1) is 7.24. The summed E-state index contributed by atoms with van der Waals surface area (Å²) in [4.78, 5) is 4.44. The summed E-state index contributed by atoms with van der Waals surface area (Å²) in [7, 11) is 0. The predicted octanol–water partition coefficient (Wildman–Crippen LogP) is 4.10. The van der Waals surface area contributed by atoms with Crippen LogP contribution in [0, 0.1) is 0 Å². The van der Waals surface area contributed by atoms with E-state index >= 15 is 0 Å². The van der Waals surface area contributed by atoms with Crippen molar-refractivity contribution >= 4 is 22.4 Å². The van der Waals surface area contributed by atoms with Gasteiger partial charge in [0.15, 0.2) is 0 Å². The van der Waals surface area contributed by atoms with Gasteiger partial charge in [-0.1, -0.05) is 32.0 Å². The van der Waals surface area contributed by atoms with Crippen LogP contribution in [0.1, 0.15) is 31.0 Å². The van der Waals surface area contributed by atoms with Gasteiger partial charge in [-0.3, -0.25) is 4.98 Å². The van der Waals surface area contributed by atoms with Gasteiger partial charge in [0.25, 0.3) is 0 Å². The van der Waals surface area contributed by atoms with Crippen LogP contribution in [0.2, 0.25) is 0 Å². The molecule has 78 valence electrons. The highest BCUT2D eigenvalue weighted by atomic mass is 35.5. The SMILES string of the molecule is CC(C)c1nccc2c(CCl)cccc12. The van der Waals surface area contributed by atoms with Crippen molar-refractivity contribution in [3.8, 4) is 0 Å². The van der Waals surface area contributed by atoms with Gasteiger partial charge in [-0.15, -0.1) is 11.6 Å². The van der Waals surface area contributed by atoms with Gasteiger partial charge in [-0.25, -0.2) is 0 Å². The highest BCUT2D eigenvalue weighted by Gasteiger charge is 2.07. The smallest absolute Gasteiger partial charge is 0.0507 e. The minimum atomic E-state index is 0.444. The quantitative estimate of drug-likeness (QED) is 0.694. The lowest BCUT2D eigenvalue weighted by molar-refractivity contribution is 0.834. The number of halogens is 1. The van der Waals surface area contributed by atoms with Gasteiger partial charge in [0, 0.05) is 17.5 Å². The fraction of sp³-hybridized carbons (Fsp3) is 0.308. The number of pyridine rings is 1. The van der Waals surface area contributed by atoms with Crippen molar-refractivity contribution in [3.63, 3.8) is 0 Å². The molecular formula is C13H14ClN. The second kappa shape index (κ2) is 4.19. The minimum absolute atomic E-state index is 0.444. The summed E-state index contributed by atoms with van der Waals surface area (Å²) in [6, 6.07) is 8.28. The highest BCUT2D eigenvalue weighted by molar-refractivity contribution is 6.18. The molecule has 0 fully saturated rings. The molecule has 1 heterocycles. The van der Waals surface area contributed by atoms with Crippen molar-refractivity contribution in [1.29, 1.82) is 0 Å². The summed E-state index contributed by atoms with van der Waals surface area (Å²) in [5, 5.41) is 2.46. The van der Waals surface area contributed by atoms with E-state index in [2.05, 4.69) is 31.0 Å². The standard InChI is InChI=1S/C13H14ClN/c1-9(2)13-12-5-3-4-10(8-14)11(12)6-7-15-13/h3-7,9H,8H2,1-2H3. The normalized spacial score (nSPS) is 11.2. The summed E-state index contributed by atoms with van der Waals surface area (Å²) >= 11 is 5.92. The van der Waals surface area contributed by atoms with Gasteiger partial charge < -0.3 is 0 Å². The van der Waals surface area contributed by atoms with Gasteiger partial charge in [0.1, 0.15) is 0 Å². The summed E-state index contributed by atoms with van der Waals surface area (Å²) in [6.45, 7) is 4.32. The van der Waals surface area contributed by atoms with E-state index in [4.69, 9.17) is 11.6 Å². The lowest BCUT2D eigenvalue weighted by atomic mass is 10.00. The molecule has 15 heavy (non-hydrogen) atoms. The monoisotopic (exact) mass is 219 g/mol. The van der Waals surface area contributed by atoms with E-state index in [1.807, 2.05) is 18.3 Å². The van der Waals surface area contributed by atoms with Crippen LogP contribution in [-0.4, -0.2) is 4.98 Å². The molecule has 0 aliphatic carbocycles. The van der Waals surface area contributed by atoms with Crippen LogP contribution in [0.4, 0.5) is 0 Å². The van der Waals surface area contributed by atoms with Crippen LogP contribution in [0.15, 0.2) is 30.5 Å². The molecule has 0 aliphatic heterocycles. The second-order valence-corrected chi connectivity index (χ2v) is 4.26. The van der Waals surface area contributed by atoms with Gasteiger partial charge >= 0.3 is 0 Å². The largest absolute Gasteiger partial charge is 0.260 e. The van der Waals surface area contributed by atoms with E-state index in [0.717, 1.165) is 5.69 Å². The Morgan fingerprint density at radius 3 is 2.67 bits per heavy atom. The van der Waals surface area contributed by atoms with E-state index in [-0.39, 0.29) is 0 Å². The van der Waals surface area contributed by atoms with E-state index in [9.17, 15) is 0 Å². The number of aromatic nitrogens is 1. The van der Waals surface area contributed by atoms with Crippen LogP contribution in [-0.2, 0) is 5.88 Å². The third-order valence-electron chi connectivity index (χ3n) is 2.62. The van der Waals surface area contributed by atoms with Gasteiger partial charge in [-0.05, 0) is 22.9 Å². The molecule has 0 bridgehead atoms. The van der Waals surface area contributed by atoms with Crippen LogP contribution in [0.5, 0.6) is 0 Å². The number of alkyl halides is 1. The fourth-order valence-electron chi connectivity index (χ4n) is 1.87. The Labute approximate surface area is 95.1 Å². The molecule has 0 unspecified atom stereocenters. The zero-order valence-electron chi connectivity index (χ0n) is 9.00. The van der Waals surface area contributed by atoms with Crippen LogP contribution in [0.3, 0.4) is 0 Å². The Kier molecular flexibility index (Phi) is 2.92. The van der Waals surface area contributed by atoms with Crippen molar-refractivity contribution < 1.29 is 0 Å². The topological polar surface area (TPSA) is 12.9 Å². The average molecular weight is 220 g/mol. The molecule has 1 aromatic carbocycles. The number of benzene rings is 1. The molecule has 1 nitrogen and oxygen atoms in total. The Bertz CT molecular complexity index is 477. The first kappa shape index (κ1) is 10.4. The summed E-state index contributed by atoms with van der Waals surface area (Å²) < 4.78 is 0. The van der Waals surface area contributed by atoms with Crippen molar-refractivity contribution in [2.75, 3.05) is 0 Å². The maximum absolute atomic E-state index is 5.92. The van der Waals surface area contributed by atoms with Crippen molar-refractivity contribution in [3.05, 3.63) is 41.7 Å². The molecule has 0 saturated heterocycles. The van der Waals surface area contributed by atoms with Crippen molar-refractivity contribution in [1.82, 2.24) is 4.98 Å². The summed E-state index contributed by atoms with van der Waals surface area (Å²) in [5.74, 6) is 0.998. The molecule has 0 radical (unpaired) electrons. The van der Waals surface area contributed by atoms with Crippen LogP contribution in [0.25, 0.3) is 10.8 Å². The van der Waals surface area contributed by atoms with E-state index < -0.39 is 0 Å². The molecule has 0 N–H and O–H groups in total. The molecule has 0 atom stereocenters. The maximum Gasteiger partial charge on any atom is 0.0507 e. The third-order valence-corrected chi connectivity index (χ3v) is 2.91. The van der Waals surface area contributed by atoms with E-state index in [1.165, 1.54) is 16.3 Å². The van der Waals surface area contributed by atoms with E-state index in [1.54, 1.807) is 0 Å². The molecule has 2 heteroatoms. The fourth-order valence-corrected chi connectivity index (χ4v) is 2.10. The molecule has 2 aromatic rings. The number of fused-ring (bicyclic) bond motifs is 1. The molecule has 0 saturated carbocycles. The first-order valence-electron chi connectivity index (χ1n) is 5.16. The zero-order valence-corrected chi connectivity index (χ0v) is 9.75. The molecular weight excluding hydrogens is 206 g/mol. The molecule has 0 spiro atoms. The second-order valence-electron chi connectivity index (χ2n) is 4.00. The van der Waals surface area contributed by atoms with Gasteiger partial charge in [0.05, 0.1) is 5.69 Å². The maximum atomic E-state index is 5.92. The number of hydrogen-bond acceptors (Lipinski definition) is 1. The Morgan fingerprint density at radius 2 is 2.00 bits per heavy atom. The van der Waals surface area contributed by atoms with E-state index in [0.29, 0.717) is 11.8 Å². The average Bonchev–Trinajstić information content (AvgIpc) is 2.27. The lowest BCUT2D eigenvalue weighted by Gasteiger charge is -2.10.